The van der Waals surface area contributed by atoms with Gasteiger partial charge in [0.25, 0.3) is 0 Å². The summed E-state index contributed by atoms with van der Waals surface area (Å²) < 4.78 is 13.3. The predicted octanol–water partition coefficient (Wildman–Crippen LogP) is 13.4. The van der Waals surface area contributed by atoms with Crippen LogP contribution in [0.1, 0.15) is 0 Å². The standard InChI is InChI=1S/C46H30N2O2/c1-3-13-32(14-4-1)47-33-28-31-12-9-19-38-40-21-11-22-41(46(40)50-43(29-33)44(31)38)48(34-15-5-2-6-16-34)35-26-24-30(25-27-35)36-18-10-20-39-37-17-7-8-23-42(37)49-45(36)39/h1-29,47H. The third kappa shape index (κ3) is 4.61. The van der Waals surface area contributed by atoms with Gasteiger partial charge in [-0.05, 0) is 71.1 Å². The van der Waals surface area contributed by atoms with Crippen LogP contribution >= 0.6 is 0 Å². The van der Waals surface area contributed by atoms with Gasteiger partial charge < -0.3 is 19.4 Å². The highest BCUT2D eigenvalue weighted by atomic mass is 16.5. The number of fused-ring (bicyclic) bond motifs is 5. The van der Waals surface area contributed by atoms with Crippen molar-refractivity contribution in [3.63, 3.8) is 0 Å². The third-order valence-electron chi connectivity index (χ3n) is 9.60. The molecule has 9 aromatic rings. The van der Waals surface area contributed by atoms with Crippen molar-refractivity contribution in [2.24, 2.45) is 0 Å². The van der Waals surface area contributed by atoms with E-state index < -0.39 is 0 Å². The number of ether oxygens (including phenoxy) is 1. The number of furan rings is 1. The summed E-state index contributed by atoms with van der Waals surface area (Å²) in [4.78, 5) is 2.28. The van der Waals surface area contributed by atoms with Gasteiger partial charge in [-0.25, -0.2) is 0 Å². The van der Waals surface area contributed by atoms with Crippen LogP contribution < -0.4 is 15.0 Å². The van der Waals surface area contributed by atoms with Gasteiger partial charge >= 0.3 is 0 Å². The van der Waals surface area contributed by atoms with Gasteiger partial charge in [-0.1, -0.05) is 115 Å². The molecule has 0 bridgehead atoms. The summed E-state index contributed by atoms with van der Waals surface area (Å²) in [6, 6.07) is 61.3. The Labute approximate surface area is 289 Å². The zero-order chi connectivity index (χ0) is 33.0. The summed E-state index contributed by atoms with van der Waals surface area (Å²) in [7, 11) is 0. The van der Waals surface area contributed by atoms with Crippen LogP contribution in [0.4, 0.5) is 28.4 Å². The molecule has 0 saturated heterocycles. The van der Waals surface area contributed by atoms with Gasteiger partial charge in [-0.3, -0.25) is 0 Å². The van der Waals surface area contributed by atoms with Crippen LogP contribution in [0.15, 0.2) is 180 Å². The van der Waals surface area contributed by atoms with Crippen molar-refractivity contribution in [1.29, 1.82) is 0 Å². The van der Waals surface area contributed by atoms with Crippen molar-refractivity contribution >= 4 is 61.1 Å². The van der Waals surface area contributed by atoms with E-state index in [1.165, 1.54) is 0 Å². The van der Waals surface area contributed by atoms with E-state index in [0.29, 0.717) is 0 Å². The first-order chi connectivity index (χ1) is 24.8. The molecule has 0 saturated carbocycles. The van der Waals surface area contributed by atoms with Crippen LogP contribution in [-0.2, 0) is 0 Å². The van der Waals surface area contributed by atoms with E-state index in [4.69, 9.17) is 9.15 Å². The van der Waals surface area contributed by atoms with E-state index in [1.54, 1.807) is 0 Å². The van der Waals surface area contributed by atoms with Crippen LogP contribution in [0.3, 0.4) is 0 Å². The molecule has 1 aliphatic rings. The smallest absolute Gasteiger partial charge is 0.159 e. The van der Waals surface area contributed by atoms with E-state index in [0.717, 1.165) is 94.9 Å². The van der Waals surface area contributed by atoms with Crippen LogP contribution in [0.25, 0.3) is 55.0 Å². The maximum Gasteiger partial charge on any atom is 0.159 e. The minimum atomic E-state index is 0.823. The highest BCUT2D eigenvalue weighted by Crippen LogP contribution is 2.53. The lowest BCUT2D eigenvalue weighted by molar-refractivity contribution is 0.488. The lowest BCUT2D eigenvalue weighted by atomic mass is 9.93. The zero-order valence-electron chi connectivity index (χ0n) is 27.0. The number of nitrogens with one attached hydrogen (secondary N) is 1. The van der Waals surface area contributed by atoms with Crippen molar-refractivity contribution in [3.05, 3.63) is 176 Å². The van der Waals surface area contributed by atoms with E-state index >= 15 is 0 Å². The van der Waals surface area contributed by atoms with Crippen molar-refractivity contribution in [2.75, 3.05) is 10.2 Å². The first kappa shape index (κ1) is 28.3. The summed E-state index contributed by atoms with van der Waals surface area (Å²) in [5.74, 6) is 1.66. The Morgan fingerprint density at radius 3 is 2.02 bits per heavy atom. The number of rotatable bonds is 6. The summed E-state index contributed by atoms with van der Waals surface area (Å²) in [6.45, 7) is 0. The Hall–Kier alpha value is -6.78. The number of hydrogen-bond acceptors (Lipinski definition) is 4. The summed E-state index contributed by atoms with van der Waals surface area (Å²) in [6.07, 6.45) is 0. The normalized spacial score (nSPS) is 11.8. The molecule has 0 aliphatic carbocycles. The molecule has 4 heteroatoms. The zero-order valence-corrected chi connectivity index (χ0v) is 27.0. The molecule has 0 radical (unpaired) electrons. The molecular formula is C46H30N2O2. The molecule has 0 unspecified atom stereocenters. The van der Waals surface area contributed by atoms with Gasteiger partial charge in [0, 0.05) is 56.1 Å². The van der Waals surface area contributed by atoms with Gasteiger partial charge in [0.15, 0.2) is 5.75 Å². The molecule has 0 amide bonds. The van der Waals surface area contributed by atoms with Gasteiger partial charge in [-0.15, -0.1) is 0 Å². The van der Waals surface area contributed by atoms with Gasteiger partial charge in [0.05, 0.1) is 5.69 Å². The highest BCUT2D eigenvalue weighted by molar-refractivity contribution is 6.10. The number of para-hydroxylation sites is 5. The van der Waals surface area contributed by atoms with Crippen LogP contribution in [-0.4, -0.2) is 0 Å². The molecule has 0 spiro atoms. The second-order valence-electron chi connectivity index (χ2n) is 12.6. The Morgan fingerprint density at radius 2 is 1.16 bits per heavy atom. The summed E-state index contributed by atoms with van der Waals surface area (Å²) >= 11 is 0. The first-order valence-electron chi connectivity index (χ1n) is 16.8. The number of hydrogen-bond donors (Lipinski definition) is 1. The molecule has 4 nitrogen and oxygen atoms in total. The molecule has 1 aliphatic heterocycles. The van der Waals surface area contributed by atoms with E-state index in [1.807, 2.05) is 36.4 Å². The molecule has 236 valence electrons. The topological polar surface area (TPSA) is 37.6 Å². The number of benzene rings is 8. The van der Waals surface area contributed by atoms with Crippen molar-refractivity contribution in [2.45, 2.75) is 0 Å². The lowest BCUT2D eigenvalue weighted by Gasteiger charge is -2.31. The molecule has 0 atom stereocenters. The van der Waals surface area contributed by atoms with E-state index in [9.17, 15) is 0 Å². The quantitative estimate of drug-likeness (QED) is 0.196. The highest BCUT2D eigenvalue weighted by Gasteiger charge is 2.27. The fourth-order valence-electron chi connectivity index (χ4n) is 7.35. The molecule has 0 fully saturated rings. The lowest BCUT2D eigenvalue weighted by Crippen LogP contribution is -2.12. The number of anilines is 5. The Morgan fingerprint density at radius 1 is 0.480 bits per heavy atom. The van der Waals surface area contributed by atoms with E-state index in [2.05, 4.69) is 150 Å². The molecule has 8 aromatic carbocycles. The Kier molecular flexibility index (Phi) is 6.46. The fourth-order valence-corrected chi connectivity index (χ4v) is 7.35. The van der Waals surface area contributed by atoms with Crippen LogP contribution in [0.2, 0.25) is 0 Å². The predicted molar refractivity (Wildman–Crippen MR) is 207 cm³/mol. The van der Waals surface area contributed by atoms with Crippen LogP contribution in [0, 0.1) is 0 Å². The minimum absolute atomic E-state index is 0.823. The summed E-state index contributed by atoms with van der Waals surface area (Å²) in [5, 5.41) is 8.07. The van der Waals surface area contributed by atoms with E-state index in [-0.39, 0.29) is 0 Å². The molecular weight excluding hydrogens is 613 g/mol. The minimum Gasteiger partial charge on any atom is -0.455 e. The Bertz CT molecular complexity index is 2700. The third-order valence-corrected chi connectivity index (χ3v) is 9.60. The SMILES string of the molecule is c1ccc(Nc2cc3c4c(cccc4c2)-c2cccc(N(c4ccccc4)c4ccc(-c5cccc6c5oc5ccccc56)cc4)c2O3)cc1. The molecule has 10 rings (SSSR count). The second kappa shape index (κ2) is 11.4. The molecule has 50 heavy (non-hydrogen) atoms. The maximum absolute atomic E-state index is 6.96. The van der Waals surface area contributed by atoms with Crippen molar-refractivity contribution in [3.8, 4) is 33.8 Å². The summed E-state index contributed by atoms with van der Waals surface area (Å²) in [5.41, 5.74) is 11.2. The second-order valence-corrected chi connectivity index (χ2v) is 12.6. The van der Waals surface area contributed by atoms with Gasteiger partial charge in [0.2, 0.25) is 0 Å². The first-order valence-corrected chi connectivity index (χ1v) is 16.8. The average molecular weight is 643 g/mol. The van der Waals surface area contributed by atoms with Gasteiger partial charge in [0.1, 0.15) is 16.9 Å². The molecule has 1 N–H and O–H groups in total. The average Bonchev–Trinajstić information content (AvgIpc) is 3.56. The maximum atomic E-state index is 6.96. The molecule has 2 heterocycles. The van der Waals surface area contributed by atoms with Crippen molar-refractivity contribution in [1.82, 2.24) is 0 Å². The molecule has 1 aromatic heterocycles. The monoisotopic (exact) mass is 642 g/mol. The Balaban J connectivity index is 1.09. The van der Waals surface area contributed by atoms with Crippen LogP contribution in [0.5, 0.6) is 11.5 Å². The fraction of sp³-hybridized carbons (Fsp3) is 0. The largest absolute Gasteiger partial charge is 0.455 e. The van der Waals surface area contributed by atoms with Gasteiger partial charge in [-0.2, -0.15) is 0 Å². The number of nitrogens with zero attached hydrogens (tertiary/aromatic N) is 1. The van der Waals surface area contributed by atoms with Crippen molar-refractivity contribution < 1.29 is 9.15 Å².